The van der Waals surface area contributed by atoms with Gasteiger partial charge in [-0.15, -0.1) is 0 Å². The Bertz CT molecular complexity index is 665. The van der Waals surface area contributed by atoms with Crippen LogP contribution in [-0.2, 0) is 22.3 Å². The van der Waals surface area contributed by atoms with E-state index in [1.807, 2.05) is 12.1 Å². The Labute approximate surface area is 143 Å². The zero-order chi connectivity index (χ0) is 17.2. The van der Waals surface area contributed by atoms with Crippen molar-refractivity contribution in [3.8, 4) is 0 Å². The van der Waals surface area contributed by atoms with Crippen LogP contribution in [0.5, 0.6) is 0 Å². The van der Waals surface area contributed by atoms with Gasteiger partial charge in [0, 0.05) is 38.3 Å². The molecule has 128 valence electrons. The van der Waals surface area contributed by atoms with Crippen LogP contribution in [0.15, 0.2) is 53.7 Å². The number of carbonyl (C=O) groups excluding carboxylic acids is 1. The lowest BCUT2D eigenvalue weighted by Crippen LogP contribution is -2.28. The summed E-state index contributed by atoms with van der Waals surface area (Å²) < 4.78 is 19.7. The molecule has 8 heteroatoms. The molecular formula is C16H20N4O3S. The number of urea groups is 1. The van der Waals surface area contributed by atoms with E-state index in [4.69, 9.17) is 4.74 Å². The minimum absolute atomic E-state index is 0.307. The molecule has 2 amide bonds. The van der Waals surface area contributed by atoms with E-state index >= 15 is 0 Å². The van der Waals surface area contributed by atoms with Gasteiger partial charge in [0.05, 0.1) is 11.5 Å². The third-order valence-electron chi connectivity index (χ3n) is 3.07. The maximum absolute atomic E-state index is 12.0. The molecule has 1 aromatic heterocycles. The summed E-state index contributed by atoms with van der Waals surface area (Å²) in [5.74, 6) is 0. The fourth-order valence-electron chi connectivity index (χ4n) is 1.84. The molecule has 0 saturated heterocycles. The number of anilines is 1. The Balaban J connectivity index is 1.80. The van der Waals surface area contributed by atoms with Crippen LogP contribution in [0.1, 0.15) is 5.56 Å². The molecule has 2 aromatic rings. The predicted molar refractivity (Wildman–Crippen MR) is 92.8 cm³/mol. The van der Waals surface area contributed by atoms with Gasteiger partial charge >= 0.3 is 6.03 Å². The van der Waals surface area contributed by atoms with E-state index in [1.54, 1.807) is 43.8 Å². The summed E-state index contributed by atoms with van der Waals surface area (Å²) in [6, 6.07) is 10.2. The van der Waals surface area contributed by atoms with Gasteiger partial charge in [0.25, 0.3) is 0 Å². The number of rotatable bonds is 8. The van der Waals surface area contributed by atoms with E-state index in [1.165, 1.54) is 0 Å². The van der Waals surface area contributed by atoms with Crippen molar-refractivity contribution < 1.29 is 13.7 Å². The summed E-state index contributed by atoms with van der Waals surface area (Å²) >= 11 is 0. The molecule has 1 aromatic carbocycles. The van der Waals surface area contributed by atoms with Gasteiger partial charge in [-0.3, -0.25) is 4.98 Å². The van der Waals surface area contributed by atoms with E-state index in [-0.39, 0.29) is 6.03 Å². The lowest BCUT2D eigenvalue weighted by Gasteiger charge is -2.09. The third kappa shape index (κ3) is 6.07. The smallest absolute Gasteiger partial charge is 0.319 e. The normalized spacial score (nSPS) is 11.7. The van der Waals surface area contributed by atoms with E-state index in [0.717, 1.165) is 5.56 Å². The number of hydrogen-bond acceptors (Lipinski definition) is 4. The number of hydrogen-bond donors (Lipinski definition) is 3. The number of aromatic nitrogens is 1. The Morgan fingerprint density at radius 2 is 1.88 bits per heavy atom. The largest absolute Gasteiger partial charge is 0.383 e. The molecule has 0 spiro atoms. The van der Waals surface area contributed by atoms with Crippen molar-refractivity contribution in [1.29, 1.82) is 0 Å². The summed E-state index contributed by atoms with van der Waals surface area (Å²) in [4.78, 5) is 16.4. The summed E-state index contributed by atoms with van der Waals surface area (Å²) in [5.41, 5.74) is 1.59. The standard InChI is InChI=1S/C16H20N4O3S/c1-23-11-10-19-24(22)15-4-2-14(3-5-15)20-16(21)18-12-13-6-8-17-9-7-13/h2-9,19H,10-12H2,1H3,(H2,18,20,21). The molecule has 0 aliphatic heterocycles. The second kappa shape index (κ2) is 9.76. The molecule has 2 rings (SSSR count). The first-order valence-corrected chi connectivity index (χ1v) is 8.52. The Hall–Kier alpha value is -2.29. The molecule has 0 saturated carbocycles. The molecule has 0 aliphatic rings. The number of ether oxygens (including phenoxy) is 1. The van der Waals surface area contributed by atoms with Crippen molar-refractivity contribution in [1.82, 2.24) is 15.0 Å². The van der Waals surface area contributed by atoms with Crippen LogP contribution < -0.4 is 15.4 Å². The van der Waals surface area contributed by atoms with Gasteiger partial charge < -0.3 is 15.4 Å². The minimum atomic E-state index is -1.30. The van der Waals surface area contributed by atoms with Crippen LogP contribution in [0.3, 0.4) is 0 Å². The summed E-state index contributed by atoms with van der Waals surface area (Å²) in [6.07, 6.45) is 3.35. The van der Waals surface area contributed by atoms with Crippen molar-refractivity contribution in [2.75, 3.05) is 25.6 Å². The van der Waals surface area contributed by atoms with Crippen molar-refractivity contribution in [2.45, 2.75) is 11.4 Å². The number of nitrogens with zero attached hydrogens (tertiary/aromatic N) is 1. The highest BCUT2D eigenvalue weighted by Crippen LogP contribution is 2.11. The number of nitrogens with one attached hydrogen (secondary N) is 3. The molecule has 0 radical (unpaired) electrons. The van der Waals surface area contributed by atoms with Gasteiger partial charge in [0.15, 0.2) is 0 Å². The fourth-order valence-corrected chi connectivity index (χ4v) is 2.66. The van der Waals surface area contributed by atoms with Crippen LogP contribution in [-0.4, -0.2) is 35.5 Å². The highest BCUT2D eigenvalue weighted by Gasteiger charge is 2.05. The van der Waals surface area contributed by atoms with Gasteiger partial charge in [0.1, 0.15) is 11.0 Å². The van der Waals surface area contributed by atoms with Gasteiger partial charge in [-0.2, -0.15) is 0 Å². The lowest BCUT2D eigenvalue weighted by atomic mass is 10.3. The quantitative estimate of drug-likeness (QED) is 0.633. The topological polar surface area (TPSA) is 92.4 Å². The van der Waals surface area contributed by atoms with Crippen LogP contribution in [0.4, 0.5) is 10.5 Å². The molecule has 24 heavy (non-hydrogen) atoms. The SMILES string of the molecule is COCCNS(=O)c1ccc(NC(=O)NCc2ccncc2)cc1. The van der Waals surface area contributed by atoms with Crippen LogP contribution in [0.2, 0.25) is 0 Å². The first-order valence-electron chi connectivity index (χ1n) is 7.37. The van der Waals surface area contributed by atoms with Crippen LogP contribution in [0, 0.1) is 0 Å². The average Bonchev–Trinajstić information content (AvgIpc) is 2.61. The molecule has 0 bridgehead atoms. The summed E-state index contributed by atoms with van der Waals surface area (Å²) in [7, 11) is 0.290. The Morgan fingerprint density at radius 1 is 1.17 bits per heavy atom. The highest BCUT2D eigenvalue weighted by atomic mass is 32.2. The maximum atomic E-state index is 12.0. The van der Waals surface area contributed by atoms with Crippen molar-refractivity contribution in [3.05, 3.63) is 54.4 Å². The molecule has 3 N–H and O–H groups in total. The van der Waals surface area contributed by atoms with Crippen LogP contribution >= 0.6 is 0 Å². The van der Waals surface area contributed by atoms with Crippen molar-refractivity contribution in [2.24, 2.45) is 0 Å². The number of benzene rings is 1. The van der Waals surface area contributed by atoms with E-state index in [2.05, 4.69) is 20.3 Å². The second-order valence-electron chi connectivity index (χ2n) is 4.84. The molecule has 7 nitrogen and oxygen atoms in total. The Morgan fingerprint density at radius 3 is 2.54 bits per heavy atom. The number of amides is 2. The van der Waals surface area contributed by atoms with Crippen LogP contribution in [0.25, 0.3) is 0 Å². The van der Waals surface area contributed by atoms with E-state index < -0.39 is 11.0 Å². The Kier molecular flexibility index (Phi) is 7.34. The highest BCUT2D eigenvalue weighted by molar-refractivity contribution is 7.83. The number of pyridine rings is 1. The number of methoxy groups -OCH3 is 1. The maximum Gasteiger partial charge on any atom is 0.319 e. The van der Waals surface area contributed by atoms with Gasteiger partial charge in [-0.25, -0.2) is 13.7 Å². The van der Waals surface area contributed by atoms with Gasteiger partial charge in [0.2, 0.25) is 0 Å². The van der Waals surface area contributed by atoms with Crippen molar-refractivity contribution >= 4 is 22.7 Å². The van der Waals surface area contributed by atoms with E-state index in [0.29, 0.717) is 30.3 Å². The zero-order valence-electron chi connectivity index (χ0n) is 13.3. The summed E-state index contributed by atoms with van der Waals surface area (Å²) in [5, 5.41) is 5.48. The first-order chi connectivity index (χ1) is 11.7. The molecule has 1 unspecified atom stereocenters. The van der Waals surface area contributed by atoms with Gasteiger partial charge in [-0.05, 0) is 42.0 Å². The van der Waals surface area contributed by atoms with Gasteiger partial charge in [-0.1, -0.05) is 0 Å². The predicted octanol–water partition coefficient (Wildman–Crippen LogP) is 1.66. The molecule has 1 heterocycles. The summed E-state index contributed by atoms with van der Waals surface area (Å²) in [6.45, 7) is 1.41. The average molecular weight is 348 g/mol. The molecule has 0 fully saturated rings. The molecule has 0 aliphatic carbocycles. The first kappa shape index (κ1) is 18.1. The van der Waals surface area contributed by atoms with E-state index in [9.17, 15) is 9.00 Å². The second-order valence-corrected chi connectivity index (χ2v) is 6.14. The zero-order valence-corrected chi connectivity index (χ0v) is 14.1. The third-order valence-corrected chi connectivity index (χ3v) is 4.23. The molecule has 1 atom stereocenters. The van der Waals surface area contributed by atoms with Crippen molar-refractivity contribution in [3.63, 3.8) is 0 Å². The monoisotopic (exact) mass is 348 g/mol. The minimum Gasteiger partial charge on any atom is -0.383 e. The fraction of sp³-hybridized carbons (Fsp3) is 0.250. The molecular weight excluding hydrogens is 328 g/mol. The lowest BCUT2D eigenvalue weighted by molar-refractivity contribution is 0.205. The number of carbonyl (C=O) groups is 1.